The number of hydrogen-bond donors (Lipinski definition) is 2. The van der Waals surface area contributed by atoms with Gasteiger partial charge in [0.2, 0.25) is 0 Å². The van der Waals surface area contributed by atoms with E-state index >= 15 is 0 Å². The summed E-state index contributed by atoms with van der Waals surface area (Å²) in [6, 6.07) is 13.0. The minimum Gasteiger partial charge on any atom is -0.497 e. The fourth-order valence-electron chi connectivity index (χ4n) is 4.61. The summed E-state index contributed by atoms with van der Waals surface area (Å²) < 4.78 is 5.46. The predicted octanol–water partition coefficient (Wildman–Crippen LogP) is 3.19. The number of pyridine rings is 1. The molecule has 2 aliphatic rings. The summed E-state index contributed by atoms with van der Waals surface area (Å²) in [4.78, 5) is 14.0. The Morgan fingerprint density at radius 1 is 1.06 bits per heavy atom. The molecule has 2 aliphatic heterocycles. The van der Waals surface area contributed by atoms with Gasteiger partial charge in [-0.15, -0.1) is 0 Å². The number of benzene rings is 1. The lowest BCUT2D eigenvalue weighted by molar-refractivity contribution is 0.245. The molecule has 172 valence electrons. The Morgan fingerprint density at radius 2 is 1.84 bits per heavy atom. The number of ether oxygens (including phenoxy) is 1. The van der Waals surface area contributed by atoms with Crippen LogP contribution in [0.15, 0.2) is 47.6 Å². The molecule has 2 fully saturated rings. The standard InChI is InChI=1S/C25H36N6O/c1-26-25(28-18-20-10-11-24(27-17-20)31-14-5-6-15-31)29-19-23(30-12-3-4-13-30)21-8-7-9-22(16-21)32-2/h7-11,16-17,23H,3-6,12-15,18-19H2,1-2H3,(H2,26,28,29). The zero-order chi connectivity index (χ0) is 22.2. The highest BCUT2D eigenvalue weighted by Crippen LogP contribution is 2.27. The molecule has 3 heterocycles. The fraction of sp³-hybridized carbons (Fsp3) is 0.520. The molecule has 2 aromatic rings. The van der Waals surface area contributed by atoms with Gasteiger partial charge in [-0.05, 0) is 68.1 Å². The van der Waals surface area contributed by atoms with Crippen LogP contribution in [0.25, 0.3) is 0 Å². The van der Waals surface area contributed by atoms with Crippen molar-refractivity contribution in [3.8, 4) is 5.75 Å². The van der Waals surface area contributed by atoms with Gasteiger partial charge in [0.15, 0.2) is 5.96 Å². The molecule has 32 heavy (non-hydrogen) atoms. The van der Waals surface area contributed by atoms with Gasteiger partial charge in [-0.25, -0.2) is 4.98 Å². The fourth-order valence-corrected chi connectivity index (χ4v) is 4.61. The number of rotatable bonds is 8. The van der Waals surface area contributed by atoms with E-state index in [0.29, 0.717) is 6.54 Å². The van der Waals surface area contributed by atoms with Gasteiger partial charge in [0.05, 0.1) is 13.2 Å². The monoisotopic (exact) mass is 436 g/mol. The summed E-state index contributed by atoms with van der Waals surface area (Å²) in [5, 5.41) is 6.97. The first-order chi connectivity index (χ1) is 15.8. The first kappa shape index (κ1) is 22.4. The van der Waals surface area contributed by atoms with Crippen molar-refractivity contribution >= 4 is 11.8 Å². The lowest BCUT2D eigenvalue weighted by Crippen LogP contribution is -2.42. The van der Waals surface area contributed by atoms with Crippen molar-refractivity contribution in [1.82, 2.24) is 20.5 Å². The maximum Gasteiger partial charge on any atom is 0.191 e. The Bertz CT molecular complexity index is 872. The van der Waals surface area contributed by atoms with Crippen molar-refractivity contribution < 1.29 is 4.74 Å². The molecule has 4 rings (SSSR count). The van der Waals surface area contributed by atoms with E-state index in [4.69, 9.17) is 4.74 Å². The second-order valence-electron chi connectivity index (χ2n) is 8.56. The Kier molecular flexibility index (Phi) is 7.82. The maximum absolute atomic E-state index is 5.46. The highest BCUT2D eigenvalue weighted by molar-refractivity contribution is 5.79. The summed E-state index contributed by atoms with van der Waals surface area (Å²) in [5.74, 6) is 2.79. The average molecular weight is 437 g/mol. The molecule has 0 amide bonds. The van der Waals surface area contributed by atoms with Gasteiger partial charge in [0.25, 0.3) is 0 Å². The number of anilines is 1. The molecule has 1 unspecified atom stereocenters. The number of aromatic nitrogens is 1. The van der Waals surface area contributed by atoms with Gasteiger partial charge in [-0.2, -0.15) is 0 Å². The van der Waals surface area contributed by atoms with Crippen molar-refractivity contribution in [2.45, 2.75) is 38.3 Å². The summed E-state index contributed by atoms with van der Waals surface area (Å²) in [6.45, 7) is 5.98. The molecule has 1 aromatic heterocycles. The van der Waals surface area contributed by atoms with Crippen LogP contribution in [0.3, 0.4) is 0 Å². The molecule has 2 saturated heterocycles. The van der Waals surface area contributed by atoms with E-state index in [1.54, 1.807) is 7.11 Å². The molecule has 7 nitrogen and oxygen atoms in total. The largest absolute Gasteiger partial charge is 0.497 e. The van der Waals surface area contributed by atoms with Gasteiger partial charge in [-0.1, -0.05) is 18.2 Å². The van der Waals surface area contributed by atoms with E-state index in [2.05, 4.69) is 60.7 Å². The maximum atomic E-state index is 5.46. The Balaban J connectivity index is 1.34. The molecule has 2 N–H and O–H groups in total. The summed E-state index contributed by atoms with van der Waals surface area (Å²) >= 11 is 0. The van der Waals surface area contributed by atoms with Gasteiger partial charge in [-0.3, -0.25) is 9.89 Å². The van der Waals surface area contributed by atoms with E-state index in [9.17, 15) is 0 Å². The van der Waals surface area contributed by atoms with E-state index in [-0.39, 0.29) is 6.04 Å². The second kappa shape index (κ2) is 11.2. The zero-order valence-electron chi connectivity index (χ0n) is 19.4. The Hall–Kier alpha value is -2.80. The van der Waals surface area contributed by atoms with Crippen LogP contribution in [0.1, 0.15) is 42.9 Å². The molecule has 1 aromatic carbocycles. The summed E-state index contributed by atoms with van der Waals surface area (Å²) in [5.41, 5.74) is 2.43. The molecular formula is C25H36N6O. The van der Waals surface area contributed by atoms with Crippen LogP contribution in [0.2, 0.25) is 0 Å². The van der Waals surface area contributed by atoms with Gasteiger partial charge in [0.1, 0.15) is 11.6 Å². The molecule has 1 atom stereocenters. The smallest absolute Gasteiger partial charge is 0.191 e. The van der Waals surface area contributed by atoms with Crippen LogP contribution < -0.4 is 20.3 Å². The lowest BCUT2D eigenvalue weighted by Gasteiger charge is -2.29. The molecule has 0 aliphatic carbocycles. The Labute approximate surface area is 191 Å². The number of guanidine groups is 1. The van der Waals surface area contributed by atoms with Crippen LogP contribution in [0.5, 0.6) is 5.75 Å². The van der Waals surface area contributed by atoms with Crippen LogP contribution in [-0.2, 0) is 6.54 Å². The first-order valence-electron chi connectivity index (χ1n) is 11.8. The van der Waals surface area contributed by atoms with Crippen LogP contribution >= 0.6 is 0 Å². The highest BCUT2D eigenvalue weighted by Gasteiger charge is 2.24. The van der Waals surface area contributed by atoms with Crippen LogP contribution in [-0.4, -0.2) is 62.7 Å². The zero-order valence-corrected chi connectivity index (χ0v) is 19.4. The molecule has 0 bridgehead atoms. The minimum absolute atomic E-state index is 0.285. The first-order valence-corrected chi connectivity index (χ1v) is 11.8. The molecule has 0 spiro atoms. The molecule has 0 radical (unpaired) electrons. The van der Waals surface area contributed by atoms with Crippen molar-refractivity contribution in [2.75, 3.05) is 51.8 Å². The molecule has 7 heteroatoms. The Morgan fingerprint density at radius 3 is 2.53 bits per heavy atom. The number of likely N-dealkylation sites (tertiary alicyclic amines) is 1. The van der Waals surface area contributed by atoms with Gasteiger partial charge < -0.3 is 20.3 Å². The van der Waals surface area contributed by atoms with Gasteiger partial charge in [0, 0.05) is 39.4 Å². The third-order valence-electron chi connectivity index (χ3n) is 6.45. The normalized spacial score (nSPS) is 18.1. The summed E-state index contributed by atoms with van der Waals surface area (Å²) in [7, 11) is 3.54. The summed E-state index contributed by atoms with van der Waals surface area (Å²) in [6.07, 6.45) is 7.02. The van der Waals surface area contributed by atoms with E-state index in [1.807, 2.05) is 19.3 Å². The van der Waals surface area contributed by atoms with Crippen molar-refractivity contribution in [3.63, 3.8) is 0 Å². The molecule has 0 saturated carbocycles. The SMILES string of the molecule is CN=C(NCc1ccc(N2CCCC2)nc1)NCC(c1cccc(OC)c1)N1CCCC1. The van der Waals surface area contributed by atoms with E-state index < -0.39 is 0 Å². The average Bonchev–Trinajstić information content (AvgIpc) is 3.57. The lowest BCUT2D eigenvalue weighted by atomic mass is 10.1. The van der Waals surface area contributed by atoms with Crippen molar-refractivity contribution in [3.05, 3.63) is 53.7 Å². The number of nitrogens with zero attached hydrogens (tertiary/aromatic N) is 4. The number of nitrogens with one attached hydrogen (secondary N) is 2. The quantitative estimate of drug-likeness (QED) is 0.489. The molecular weight excluding hydrogens is 400 g/mol. The number of methoxy groups -OCH3 is 1. The van der Waals surface area contributed by atoms with E-state index in [1.165, 1.54) is 31.2 Å². The van der Waals surface area contributed by atoms with Gasteiger partial charge >= 0.3 is 0 Å². The van der Waals surface area contributed by atoms with Crippen molar-refractivity contribution in [2.24, 2.45) is 4.99 Å². The predicted molar refractivity (Wildman–Crippen MR) is 130 cm³/mol. The van der Waals surface area contributed by atoms with E-state index in [0.717, 1.165) is 55.8 Å². The minimum atomic E-state index is 0.285. The second-order valence-corrected chi connectivity index (χ2v) is 8.56. The third kappa shape index (κ3) is 5.71. The number of aliphatic imine (C=N–C) groups is 1. The third-order valence-corrected chi connectivity index (χ3v) is 6.45. The van der Waals surface area contributed by atoms with Crippen LogP contribution in [0.4, 0.5) is 5.82 Å². The number of hydrogen-bond acceptors (Lipinski definition) is 5. The van der Waals surface area contributed by atoms with Crippen molar-refractivity contribution in [1.29, 1.82) is 0 Å². The highest BCUT2D eigenvalue weighted by atomic mass is 16.5. The van der Waals surface area contributed by atoms with Crippen LogP contribution in [0, 0.1) is 0 Å². The topological polar surface area (TPSA) is 65.0 Å².